The van der Waals surface area contributed by atoms with Gasteiger partial charge in [0, 0.05) is 0 Å². The van der Waals surface area contributed by atoms with E-state index in [0.717, 1.165) is 26.4 Å². The van der Waals surface area contributed by atoms with Crippen molar-refractivity contribution < 1.29 is 32.5 Å². The molecule has 1 aliphatic carbocycles. The summed E-state index contributed by atoms with van der Waals surface area (Å²) in [5.74, 6) is 2.80. The van der Waals surface area contributed by atoms with Gasteiger partial charge in [0.15, 0.2) is 0 Å². The van der Waals surface area contributed by atoms with E-state index in [9.17, 15) is 0 Å². The molecule has 0 N–H and O–H groups in total. The van der Waals surface area contributed by atoms with E-state index in [1.165, 1.54) is 0 Å². The molecule has 0 heterocycles. The first-order chi connectivity index (χ1) is 12.5. The second kappa shape index (κ2) is 8.00. The molecule has 3 rings (SSSR count). The van der Waals surface area contributed by atoms with Gasteiger partial charge in [-0.25, -0.2) is 0 Å². The summed E-state index contributed by atoms with van der Waals surface area (Å²) in [6, 6.07) is 9.54. The Hall–Kier alpha value is -1.55. The summed E-state index contributed by atoms with van der Waals surface area (Å²) < 4.78 is 22.7. The maximum absolute atomic E-state index is 6.38. The van der Waals surface area contributed by atoms with Crippen molar-refractivity contribution in [3.63, 3.8) is 0 Å². The molecule has 0 saturated heterocycles. The third-order valence-electron chi connectivity index (χ3n) is 4.13. The van der Waals surface area contributed by atoms with Crippen LogP contribution in [0.15, 0.2) is 36.4 Å². The Morgan fingerprint density at radius 2 is 1.31 bits per heavy atom. The van der Waals surface area contributed by atoms with Gasteiger partial charge in [-0.2, -0.15) is 0 Å². The van der Waals surface area contributed by atoms with Crippen molar-refractivity contribution in [1.82, 2.24) is 0 Å². The molecule has 1 aliphatic rings. The van der Waals surface area contributed by atoms with Gasteiger partial charge >= 0.3 is 166 Å². The number of hydrogen-bond donors (Lipinski definition) is 0. The summed E-state index contributed by atoms with van der Waals surface area (Å²) in [5, 5.41) is 0. The molecule has 0 atom stereocenters. The van der Waals surface area contributed by atoms with Crippen LogP contribution in [0, 0.1) is 0 Å². The number of allylic oxidation sites excluding steroid dienone is 1. The fourth-order valence-electron chi connectivity index (χ4n) is 2.90. The van der Waals surface area contributed by atoms with E-state index < -0.39 is 13.5 Å². The number of fused-ring (bicyclic) bond motifs is 1. The monoisotopic (exact) mass is 482 g/mol. The molecule has 2 aromatic carbocycles. The van der Waals surface area contributed by atoms with Gasteiger partial charge in [-0.3, -0.25) is 0 Å². The second-order valence-corrected chi connectivity index (χ2v) is 11.2. The molecular formula is C19H18Cl2O4Ru. The van der Waals surface area contributed by atoms with Crippen LogP contribution < -0.4 is 18.9 Å². The predicted octanol–water partition coefficient (Wildman–Crippen LogP) is 4.61. The first-order valence-corrected chi connectivity index (χ1v) is 13.0. The van der Waals surface area contributed by atoms with Gasteiger partial charge in [0.1, 0.15) is 0 Å². The third-order valence-corrected chi connectivity index (χ3v) is 7.22. The molecule has 7 heteroatoms. The standard InChI is InChI=1S/C19H18O4.2ClH.Ru/c1-20-13-7-12(8-14(9-13)21-2)16-5-6-17-18(16)10-15(22-3)11-19(17)23-4;;;/h5,7-11H,1-4H3;2*1H;/q;;;+2/p-2. The summed E-state index contributed by atoms with van der Waals surface area (Å²) in [6.45, 7) is 0. The van der Waals surface area contributed by atoms with Gasteiger partial charge in [0.2, 0.25) is 0 Å². The zero-order valence-corrected chi connectivity index (χ0v) is 18.0. The zero-order chi connectivity index (χ0) is 18.8. The van der Waals surface area contributed by atoms with E-state index in [2.05, 4.69) is 0 Å². The number of methoxy groups -OCH3 is 4. The van der Waals surface area contributed by atoms with E-state index in [0.29, 0.717) is 23.0 Å². The number of hydrogen-bond acceptors (Lipinski definition) is 4. The van der Waals surface area contributed by atoms with Gasteiger partial charge in [-0.15, -0.1) is 0 Å². The number of ether oxygens (including phenoxy) is 4. The van der Waals surface area contributed by atoms with Crippen LogP contribution in [0.2, 0.25) is 0 Å². The molecule has 0 bridgehead atoms. The molecule has 0 radical (unpaired) electrons. The Morgan fingerprint density at radius 3 is 1.81 bits per heavy atom. The van der Waals surface area contributed by atoms with E-state index in [4.69, 9.17) is 38.3 Å². The van der Waals surface area contributed by atoms with Crippen molar-refractivity contribution in [3.05, 3.63) is 53.1 Å². The molecular weight excluding hydrogens is 464 g/mol. The molecule has 140 valence electrons. The Kier molecular flexibility index (Phi) is 5.91. The number of rotatable bonds is 5. The summed E-state index contributed by atoms with van der Waals surface area (Å²) >= 11 is -2.17. The van der Waals surface area contributed by atoms with Crippen molar-refractivity contribution in [2.24, 2.45) is 0 Å². The number of halogens is 2. The van der Waals surface area contributed by atoms with Crippen LogP contribution in [-0.2, 0) is 13.5 Å². The van der Waals surface area contributed by atoms with Crippen LogP contribution in [0.3, 0.4) is 0 Å². The molecule has 0 aromatic heterocycles. The molecule has 0 aliphatic heterocycles. The van der Waals surface area contributed by atoms with Gasteiger partial charge in [-0.1, -0.05) is 0 Å². The SMILES string of the molecule is COc1cc(OC)cc(C2=C[C](=[Ru]([Cl])[Cl])c3c(OC)cc(OC)cc32)c1. The fourth-order valence-corrected chi connectivity index (χ4v) is 5.37. The summed E-state index contributed by atoms with van der Waals surface area (Å²) in [4.78, 5) is 0. The van der Waals surface area contributed by atoms with Gasteiger partial charge < -0.3 is 0 Å². The Labute approximate surface area is 165 Å². The maximum atomic E-state index is 6.38. The topological polar surface area (TPSA) is 36.9 Å². The minimum atomic E-state index is -2.17. The Balaban J connectivity index is 2.29. The van der Waals surface area contributed by atoms with Crippen LogP contribution in [0.1, 0.15) is 16.7 Å². The molecule has 26 heavy (non-hydrogen) atoms. The van der Waals surface area contributed by atoms with Crippen LogP contribution in [0.25, 0.3) is 5.57 Å². The van der Waals surface area contributed by atoms with E-state index in [1.54, 1.807) is 28.4 Å². The molecule has 0 fully saturated rings. The molecule has 0 spiro atoms. The van der Waals surface area contributed by atoms with Gasteiger partial charge in [0.05, 0.1) is 0 Å². The van der Waals surface area contributed by atoms with E-state index in [1.807, 2.05) is 36.4 Å². The average Bonchev–Trinajstić information content (AvgIpc) is 3.06. The van der Waals surface area contributed by atoms with Crippen molar-refractivity contribution in [1.29, 1.82) is 0 Å². The van der Waals surface area contributed by atoms with Crippen molar-refractivity contribution in [2.75, 3.05) is 28.4 Å². The molecule has 2 aromatic rings. The quantitative estimate of drug-likeness (QED) is 0.584. The normalized spacial score (nSPS) is 13.1. The van der Waals surface area contributed by atoms with Crippen LogP contribution in [-0.4, -0.2) is 32.5 Å². The average molecular weight is 482 g/mol. The molecule has 0 unspecified atom stereocenters. The third kappa shape index (κ3) is 3.49. The summed E-state index contributed by atoms with van der Waals surface area (Å²) in [7, 11) is 19.2. The van der Waals surface area contributed by atoms with Crippen molar-refractivity contribution >= 4 is 29.1 Å². The predicted molar refractivity (Wildman–Crippen MR) is 102 cm³/mol. The summed E-state index contributed by atoms with van der Waals surface area (Å²) in [5.41, 5.74) is 3.81. The zero-order valence-electron chi connectivity index (χ0n) is 14.7. The van der Waals surface area contributed by atoms with Crippen LogP contribution >= 0.6 is 19.4 Å². The van der Waals surface area contributed by atoms with Gasteiger partial charge in [0.25, 0.3) is 0 Å². The van der Waals surface area contributed by atoms with Crippen LogP contribution in [0.4, 0.5) is 0 Å². The van der Waals surface area contributed by atoms with Gasteiger partial charge in [-0.05, 0) is 0 Å². The second-order valence-electron chi connectivity index (χ2n) is 5.43. The van der Waals surface area contributed by atoms with E-state index in [-0.39, 0.29) is 0 Å². The Bertz CT molecular complexity index is 896. The van der Waals surface area contributed by atoms with E-state index >= 15 is 0 Å². The van der Waals surface area contributed by atoms with Crippen molar-refractivity contribution in [3.8, 4) is 23.0 Å². The number of benzene rings is 2. The van der Waals surface area contributed by atoms with Crippen molar-refractivity contribution in [2.45, 2.75) is 0 Å². The fraction of sp³-hybridized carbons (Fsp3) is 0.211. The Morgan fingerprint density at radius 1 is 0.731 bits per heavy atom. The summed E-state index contributed by atoms with van der Waals surface area (Å²) in [6.07, 6.45) is 2.03. The first kappa shape index (κ1) is 19.2. The van der Waals surface area contributed by atoms with Crippen LogP contribution in [0.5, 0.6) is 23.0 Å². The molecule has 4 nitrogen and oxygen atoms in total. The minimum absolute atomic E-state index is 0.690. The molecule has 0 saturated carbocycles. The first-order valence-electron chi connectivity index (χ1n) is 7.61. The molecule has 0 amide bonds.